The van der Waals surface area contributed by atoms with Crippen molar-refractivity contribution < 1.29 is 9.90 Å². The zero-order valence-electron chi connectivity index (χ0n) is 13.6. The van der Waals surface area contributed by atoms with Crippen molar-refractivity contribution in [3.63, 3.8) is 0 Å². The number of hydrazine groups is 1. The molecule has 0 aliphatic rings. The van der Waals surface area contributed by atoms with Crippen LogP contribution < -0.4 is 10.9 Å². The summed E-state index contributed by atoms with van der Waals surface area (Å²) in [5.74, 6) is 5.74. The number of hydrogen-bond donors (Lipinski definition) is 2. The van der Waals surface area contributed by atoms with E-state index in [1.54, 1.807) is 20.0 Å². The Kier molecular flexibility index (Phi) is 3.98. The number of rotatable bonds is 4. The molecule has 0 atom stereocenters. The van der Waals surface area contributed by atoms with Gasteiger partial charge < -0.3 is 9.51 Å². The smallest absolute Gasteiger partial charge is 0.337 e. The van der Waals surface area contributed by atoms with Gasteiger partial charge in [-0.05, 0) is 32.3 Å². The minimum atomic E-state index is -0.931. The quantitative estimate of drug-likeness (QED) is 0.670. The number of carboxylic acids is 1. The SMILES string of the molecule is C=C(C)N(N)c1cn2c(C)c(C(=O)O)c(C)c2c(C(C)C)n1. The highest BCUT2D eigenvalue weighted by Gasteiger charge is 2.23. The van der Waals surface area contributed by atoms with E-state index in [0.29, 0.717) is 22.8 Å². The number of nitrogens with two attached hydrogens (primary N) is 1. The molecule has 0 bridgehead atoms. The maximum absolute atomic E-state index is 11.5. The van der Waals surface area contributed by atoms with Crippen LogP contribution in [0.2, 0.25) is 0 Å². The predicted octanol–water partition coefficient (Wildman–Crippen LogP) is 2.99. The van der Waals surface area contributed by atoms with Crippen molar-refractivity contribution in [2.45, 2.75) is 40.5 Å². The topological polar surface area (TPSA) is 83.9 Å². The zero-order valence-corrected chi connectivity index (χ0v) is 13.6. The summed E-state index contributed by atoms with van der Waals surface area (Å²) in [5.41, 5.74) is 4.03. The summed E-state index contributed by atoms with van der Waals surface area (Å²) in [6, 6.07) is 0. The van der Waals surface area contributed by atoms with E-state index in [4.69, 9.17) is 5.84 Å². The van der Waals surface area contributed by atoms with Gasteiger partial charge in [0.05, 0.1) is 23.0 Å². The molecule has 0 fully saturated rings. The average molecular weight is 302 g/mol. The van der Waals surface area contributed by atoms with Crippen molar-refractivity contribution in [1.82, 2.24) is 9.38 Å². The first-order chi connectivity index (χ1) is 10.2. The van der Waals surface area contributed by atoms with Crippen molar-refractivity contribution in [3.05, 3.63) is 41.0 Å². The second kappa shape index (κ2) is 5.46. The molecule has 0 aromatic carbocycles. The average Bonchev–Trinajstić information content (AvgIpc) is 2.68. The summed E-state index contributed by atoms with van der Waals surface area (Å²) in [6.07, 6.45) is 1.75. The molecule has 2 aromatic rings. The van der Waals surface area contributed by atoms with Crippen LogP contribution in [0.4, 0.5) is 5.82 Å². The van der Waals surface area contributed by atoms with Gasteiger partial charge in [-0.3, -0.25) is 5.01 Å². The van der Waals surface area contributed by atoms with E-state index in [1.165, 1.54) is 5.01 Å². The fraction of sp³-hybridized carbons (Fsp3) is 0.375. The number of hydrogen-bond acceptors (Lipinski definition) is 4. The highest BCUT2D eigenvalue weighted by Crippen LogP contribution is 2.30. The third kappa shape index (κ3) is 2.35. The molecular formula is C16H22N4O2. The van der Waals surface area contributed by atoms with Gasteiger partial charge in [0.15, 0.2) is 5.82 Å². The molecule has 6 heteroatoms. The minimum absolute atomic E-state index is 0.135. The molecule has 3 N–H and O–H groups in total. The normalized spacial score (nSPS) is 11.2. The standard InChI is InChI=1S/C16H22N4O2/c1-8(2)14-15-10(5)13(16(21)22)11(6)19(15)7-12(18-14)20(17)9(3)4/h7-8H,3,17H2,1-2,4-6H3,(H,21,22). The molecule has 0 radical (unpaired) electrons. The molecule has 0 amide bonds. The van der Waals surface area contributed by atoms with E-state index in [-0.39, 0.29) is 5.92 Å². The van der Waals surface area contributed by atoms with Gasteiger partial charge in [-0.2, -0.15) is 0 Å². The lowest BCUT2D eigenvalue weighted by atomic mass is 10.1. The molecule has 6 nitrogen and oxygen atoms in total. The molecule has 118 valence electrons. The fourth-order valence-corrected chi connectivity index (χ4v) is 2.69. The summed E-state index contributed by atoms with van der Waals surface area (Å²) >= 11 is 0. The molecule has 2 heterocycles. The van der Waals surface area contributed by atoms with Crippen LogP contribution in [0.15, 0.2) is 18.5 Å². The number of aromatic carboxylic acids is 1. The minimum Gasteiger partial charge on any atom is -0.478 e. The van der Waals surface area contributed by atoms with Crippen LogP contribution in [0.3, 0.4) is 0 Å². The third-order valence-corrected chi connectivity index (χ3v) is 3.84. The Morgan fingerprint density at radius 1 is 1.45 bits per heavy atom. The predicted molar refractivity (Wildman–Crippen MR) is 87.2 cm³/mol. The van der Waals surface area contributed by atoms with E-state index < -0.39 is 5.97 Å². The Bertz CT molecular complexity index is 774. The van der Waals surface area contributed by atoms with Crippen LogP contribution in [0, 0.1) is 13.8 Å². The van der Waals surface area contributed by atoms with Gasteiger partial charge in [0.1, 0.15) is 0 Å². The van der Waals surface area contributed by atoms with Gasteiger partial charge in [-0.25, -0.2) is 15.6 Å². The Morgan fingerprint density at radius 3 is 2.50 bits per heavy atom. The van der Waals surface area contributed by atoms with Crippen LogP contribution in [0.25, 0.3) is 5.52 Å². The summed E-state index contributed by atoms with van der Waals surface area (Å²) in [6.45, 7) is 13.3. The largest absolute Gasteiger partial charge is 0.478 e. The van der Waals surface area contributed by atoms with Crippen molar-refractivity contribution >= 4 is 17.3 Å². The second-order valence-electron chi connectivity index (χ2n) is 5.85. The molecule has 0 saturated carbocycles. The summed E-state index contributed by atoms with van der Waals surface area (Å²) in [4.78, 5) is 16.2. The van der Waals surface area contributed by atoms with Crippen LogP contribution in [-0.4, -0.2) is 20.5 Å². The molecule has 0 aliphatic heterocycles. The third-order valence-electron chi connectivity index (χ3n) is 3.84. The second-order valence-corrected chi connectivity index (χ2v) is 5.85. The van der Waals surface area contributed by atoms with Crippen LogP contribution in [0.1, 0.15) is 54.0 Å². The number of fused-ring (bicyclic) bond motifs is 1. The lowest BCUT2D eigenvalue weighted by molar-refractivity contribution is 0.0695. The molecule has 0 spiro atoms. The Hall–Kier alpha value is -2.34. The van der Waals surface area contributed by atoms with Gasteiger partial charge >= 0.3 is 5.97 Å². The highest BCUT2D eigenvalue weighted by molar-refractivity contribution is 5.94. The molecule has 2 aromatic heterocycles. The zero-order chi connectivity index (χ0) is 16.8. The molecule has 22 heavy (non-hydrogen) atoms. The van der Waals surface area contributed by atoms with Crippen molar-refractivity contribution in [2.75, 3.05) is 5.01 Å². The Labute approximate surface area is 129 Å². The number of anilines is 1. The Balaban J connectivity index is 2.91. The van der Waals surface area contributed by atoms with Gasteiger partial charge in [-0.1, -0.05) is 20.4 Å². The van der Waals surface area contributed by atoms with E-state index >= 15 is 0 Å². The molecular weight excluding hydrogens is 280 g/mol. The number of nitrogens with zero attached hydrogens (tertiary/aromatic N) is 3. The lowest BCUT2D eigenvalue weighted by Crippen LogP contribution is -2.29. The van der Waals surface area contributed by atoms with Crippen LogP contribution >= 0.6 is 0 Å². The summed E-state index contributed by atoms with van der Waals surface area (Å²) in [5, 5.41) is 10.9. The van der Waals surface area contributed by atoms with Crippen LogP contribution in [0.5, 0.6) is 0 Å². The molecule has 0 aliphatic carbocycles. The molecule has 0 unspecified atom stereocenters. The van der Waals surface area contributed by atoms with E-state index in [2.05, 4.69) is 11.6 Å². The number of allylic oxidation sites excluding steroid dienone is 1. The van der Waals surface area contributed by atoms with E-state index in [9.17, 15) is 9.90 Å². The van der Waals surface area contributed by atoms with Crippen LogP contribution in [-0.2, 0) is 0 Å². The maximum Gasteiger partial charge on any atom is 0.337 e. The van der Waals surface area contributed by atoms with Crippen molar-refractivity contribution in [3.8, 4) is 0 Å². The first kappa shape index (κ1) is 16.0. The van der Waals surface area contributed by atoms with Gasteiger partial charge in [-0.15, -0.1) is 0 Å². The fourth-order valence-electron chi connectivity index (χ4n) is 2.69. The first-order valence-corrected chi connectivity index (χ1v) is 7.12. The number of aryl methyl sites for hydroxylation is 2. The van der Waals surface area contributed by atoms with Gasteiger partial charge in [0, 0.05) is 11.4 Å². The first-order valence-electron chi connectivity index (χ1n) is 7.12. The maximum atomic E-state index is 11.5. The Morgan fingerprint density at radius 2 is 2.05 bits per heavy atom. The van der Waals surface area contributed by atoms with Gasteiger partial charge in [0.25, 0.3) is 0 Å². The number of carboxylic acid groups (broad SMARTS) is 1. The van der Waals surface area contributed by atoms with Crippen molar-refractivity contribution in [2.24, 2.45) is 5.84 Å². The molecule has 2 rings (SSSR count). The van der Waals surface area contributed by atoms with E-state index in [1.807, 2.05) is 25.2 Å². The van der Waals surface area contributed by atoms with Crippen molar-refractivity contribution in [1.29, 1.82) is 0 Å². The lowest BCUT2D eigenvalue weighted by Gasteiger charge is -2.20. The summed E-state index contributed by atoms with van der Waals surface area (Å²) < 4.78 is 1.86. The monoisotopic (exact) mass is 302 g/mol. The van der Waals surface area contributed by atoms with E-state index in [0.717, 1.165) is 16.8 Å². The number of carbonyl (C=O) groups is 1. The van der Waals surface area contributed by atoms with Gasteiger partial charge in [0.2, 0.25) is 0 Å². The number of aromatic nitrogens is 2. The highest BCUT2D eigenvalue weighted by atomic mass is 16.4. The molecule has 0 saturated heterocycles. The summed E-state index contributed by atoms with van der Waals surface area (Å²) in [7, 11) is 0.